The molecule has 0 saturated carbocycles. The summed E-state index contributed by atoms with van der Waals surface area (Å²) in [4.78, 5) is 0. The Morgan fingerprint density at radius 2 is 1.60 bits per heavy atom. The van der Waals surface area contributed by atoms with Crippen molar-refractivity contribution in [2.24, 2.45) is 5.73 Å². The standard InChI is InChI=1S/C21H23NO3/c1-23-21-14-16(10-11-22)6-9-20(21)25-13-12-24-19-8-7-17-4-2-3-5-18(17)15-19/h2-9,14-15H,10-13,22H2,1H3. The van der Waals surface area contributed by atoms with E-state index in [2.05, 4.69) is 18.2 Å². The molecule has 0 aliphatic carbocycles. The molecule has 0 aliphatic rings. The second kappa shape index (κ2) is 8.40. The minimum absolute atomic E-state index is 0.444. The molecule has 130 valence electrons. The van der Waals surface area contributed by atoms with E-state index in [0.717, 1.165) is 28.9 Å². The molecule has 0 spiro atoms. The van der Waals surface area contributed by atoms with Gasteiger partial charge in [-0.1, -0.05) is 36.4 Å². The molecule has 0 aromatic heterocycles. The average Bonchev–Trinajstić information content (AvgIpc) is 2.66. The maximum Gasteiger partial charge on any atom is 0.161 e. The summed E-state index contributed by atoms with van der Waals surface area (Å²) in [6.07, 6.45) is 0.821. The third kappa shape index (κ3) is 4.43. The molecule has 0 radical (unpaired) electrons. The molecule has 0 bridgehead atoms. The number of ether oxygens (including phenoxy) is 3. The molecule has 2 N–H and O–H groups in total. The number of hydrogen-bond donors (Lipinski definition) is 1. The maximum atomic E-state index is 5.79. The van der Waals surface area contributed by atoms with Gasteiger partial charge in [-0.3, -0.25) is 0 Å². The van der Waals surface area contributed by atoms with Crippen molar-refractivity contribution in [3.63, 3.8) is 0 Å². The Hall–Kier alpha value is -2.72. The molecule has 0 atom stereocenters. The number of benzene rings is 3. The van der Waals surface area contributed by atoms with E-state index in [0.29, 0.717) is 25.5 Å². The minimum Gasteiger partial charge on any atom is -0.493 e. The van der Waals surface area contributed by atoms with Crippen LogP contribution in [0.1, 0.15) is 5.56 Å². The molecular formula is C21H23NO3. The number of hydrogen-bond acceptors (Lipinski definition) is 4. The second-order valence-electron chi connectivity index (χ2n) is 5.73. The monoisotopic (exact) mass is 337 g/mol. The predicted octanol–water partition coefficient (Wildman–Crippen LogP) is 3.81. The lowest BCUT2D eigenvalue weighted by Gasteiger charge is -2.13. The van der Waals surface area contributed by atoms with Gasteiger partial charge in [0, 0.05) is 0 Å². The van der Waals surface area contributed by atoms with E-state index in [1.165, 1.54) is 5.39 Å². The van der Waals surface area contributed by atoms with E-state index in [9.17, 15) is 0 Å². The summed E-state index contributed by atoms with van der Waals surface area (Å²) in [5, 5.41) is 2.37. The number of rotatable bonds is 8. The third-order valence-corrected chi connectivity index (χ3v) is 3.99. The van der Waals surface area contributed by atoms with E-state index in [4.69, 9.17) is 19.9 Å². The van der Waals surface area contributed by atoms with Crippen LogP contribution in [0.4, 0.5) is 0 Å². The molecule has 0 saturated heterocycles. The summed E-state index contributed by atoms with van der Waals surface area (Å²) >= 11 is 0. The molecule has 3 rings (SSSR count). The van der Waals surface area contributed by atoms with Crippen LogP contribution in [0.2, 0.25) is 0 Å². The first kappa shape index (κ1) is 17.1. The van der Waals surface area contributed by atoms with Gasteiger partial charge in [-0.05, 0) is 53.6 Å². The van der Waals surface area contributed by atoms with E-state index in [-0.39, 0.29) is 0 Å². The minimum atomic E-state index is 0.444. The SMILES string of the molecule is COc1cc(CCN)ccc1OCCOc1ccc2ccccc2c1. The number of nitrogens with two attached hydrogens (primary N) is 1. The van der Waals surface area contributed by atoms with E-state index >= 15 is 0 Å². The van der Waals surface area contributed by atoms with Gasteiger partial charge in [0.1, 0.15) is 19.0 Å². The van der Waals surface area contributed by atoms with Gasteiger partial charge < -0.3 is 19.9 Å². The van der Waals surface area contributed by atoms with Crippen molar-refractivity contribution in [3.05, 3.63) is 66.2 Å². The van der Waals surface area contributed by atoms with Gasteiger partial charge in [0.15, 0.2) is 11.5 Å². The summed E-state index contributed by atoms with van der Waals surface area (Å²) in [6, 6.07) is 20.2. The van der Waals surface area contributed by atoms with Gasteiger partial charge in [0.05, 0.1) is 7.11 Å². The highest BCUT2D eigenvalue weighted by Gasteiger charge is 2.06. The third-order valence-electron chi connectivity index (χ3n) is 3.99. The zero-order valence-electron chi connectivity index (χ0n) is 14.4. The summed E-state index contributed by atoms with van der Waals surface area (Å²) in [5.41, 5.74) is 6.73. The summed E-state index contributed by atoms with van der Waals surface area (Å²) in [5.74, 6) is 2.27. The lowest BCUT2D eigenvalue weighted by atomic mass is 10.1. The van der Waals surface area contributed by atoms with Crippen LogP contribution in [0.15, 0.2) is 60.7 Å². The van der Waals surface area contributed by atoms with Gasteiger partial charge in [-0.2, -0.15) is 0 Å². The van der Waals surface area contributed by atoms with Crippen molar-refractivity contribution >= 4 is 10.8 Å². The summed E-state index contributed by atoms with van der Waals surface area (Å²) < 4.78 is 17.0. The van der Waals surface area contributed by atoms with E-state index in [1.807, 2.05) is 42.5 Å². The van der Waals surface area contributed by atoms with Crippen molar-refractivity contribution in [1.82, 2.24) is 0 Å². The molecule has 4 heteroatoms. The predicted molar refractivity (Wildman–Crippen MR) is 101 cm³/mol. The second-order valence-corrected chi connectivity index (χ2v) is 5.73. The highest BCUT2D eigenvalue weighted by molar-refractivity contribution is 5.83. The van der Waals surface area contributed by atoms with Crippen LogP contribution in [0.25, 0.3) is 10.8 Å². The fourth-order valence-corrected chi connectivity index (χ4v) is 2.72. The summed E-state index contributed by atoms with van der Waals surface area (Å²) in [6.45, 7) is 1.52. The zero-order valence-corrected chi connectivity index (χ0v) is 14.4. The lowest BCUT2D eigenvalue weighted by Crippen LogP contribution is -2.10. The van der Waals surface area contributed by atoms with Crippen molar-refractivity contribution in [2.45, 2.75) is 6.42 Å². The van der Waals surface area contributed by atoms with Crippen LogP contribution < -0.4 is 19.9 Å². The fraction of sp³-hybridized carbons (Fsp3) is 0.238. The van der Waals surface area contributed by atoms with Gasteiger partial charge in [-0.25, -0.2) is 0 Å². The quantitative estimate of drug-likeness (QED) is 0.635. The number of methoxy groups -OCH3 is 1. The Morgan fingerprint density at radius 1 is 0.800 bits per heavy atom. The highest BCUT2D eigenvalue weighted by atomic mass is 16.5. The largest absolute Gasteiger partial charge is 0.493 e. The van der Waals surface area contributed by atoms with Crippen LogP contribution in [0, 0.1) is 0 Å². The Morgan fingerprint density at radius 3 is 2.40 bits per heavy atom. The van der Waals surface area contributed by atoms with E-state index in [1.54, 1.807) is 7.11 Å². The molecular weight excluding hydrogens is 314 g/mol. The number of fused-ring (bicyclic) bond motifs is 1. The average molecular weight is 337 g/mol. The molecule has 0 heterocycles. The van der Waals surface area contributed by atoms with Crippen LogP contribution >= 0.6 is 0 Å². The van der Waals surface area contributed by atoms with Gasteiger partial charge in [0.25, 0.3) is 0 Å². The topological polar surface area (TPSA) is 53.7 Å². The van der Waals surface area contributed by atoms with Crippen LogP contribution in [-0.2, 0) is 6.42 Å². The Kier molecular flexibility index (Phi) is 5.75. The first-order chi connectivity index (χ1) is 12.3. The zero-order chi connectivity index (χ0) is 17.5. The molecule has 3 aromatic carbocycles. The molecule has 3 aromatic rings. The Balaban J connectivity index is 1.55. The smallest absolute Gasteiger partial charge is 0.161 e. The lowest BCUT2D eigenvalue weighted by molar-refractivity contribution is 0.211. The Labute approximate surface area is 148 Å². The van der Waals surface area contributed by atoms with Gasteiger partial charge >= 0.3 is 0 Å². The van der Waals surface area contributed by atoms with Crippen LogP contribution in [0.3, 0.4) is 0 Å². The van der Waals surface area contributed by atoms with Crippen molar-refractivity contribution in [3.8, 4) is 17.2 Å². The highest BCUT2D eigenvalue weighted by Crippen LogP contribution is 2.28. The van der Waals surface area contributed by atoms with Gasteiger partial charge in [0.2, 0.25) is 0 Å². The molecule has 0 aliphatic heterocycles. The molecule has 0 fully saturated rings. The van der Waals surface area contributed by atoms with Crippen LogP contribution in [0.5, 0.6) is 17.2 Å². The molecule has 4 nitrogen and oxygen atoms in total. The maximum absolute atomic E-state index is 5.79. The van der Waals surface area contributed by atoms with Crippen molar-refractivity contribution < 1.29 is 14.2 Å². The van der Waals surface area contributed by atoms with Crippen molar-refractivity contribution in [2.75, 3.05) is 26.9 Å². The molecule has 0 amide bonds. The first-order valence-corrected chi connectivity index (χ1v) is 8.41. The van der Waals surface area contributed by atoms with E-state index < -0.39 is 0 Å². The van der Waals surface area contributed by atoms with Gasteiger partial charge in [-0.15, -0.1) is 0 Å². The molecule has 0 unspecified atom stereocenters. The normalized spacial score (nSPS) is 10.6. The Bertz CT molecular complexity index is 832. The fourth-order valence-electron chi connectivity index (χ4n) is 2.72. The van der Waals surface area contributed by atoms with Crippen molar-refractivity contribution in [1.29, 1.82) is 0 Å². The molecule has 25 heavy (non-hydrogen) atoms. The first-order valence-electron chi connectivity index (χ1n) is 8.41. The van der Waals surface area contributed by atoms with Crippen LogP contribution in [-0.4, -0.2) is 26.9 Å². The summed E-state index contributed by atoms with van der Waals surface area (Å²) in [7, 11) is 1.64.